The molecule has 0 unspecified atom stereocenters. The summed E-state index contributed by atoms with van der Waals surface area (Å²) in [4.78, 5) is 11.8. The molecular formula is C14H16N2O3S. The summed E-state index contributed by atoms with van der Waals surface area (Å²) in [6.07, 6.45) is 0.121. The summed E-state index contributed by atoms with van der Waals surface area (Å²) in [6.45, 7) is 3.93. The van der Waals surface area contributed by atoms with Crippen molar-refractivity contribution in [2.45, 2.75) is 20.0 Å². The zero-order chi connectivity index (χ0) is 14.7. The highest BCUT2D eigenvalue weighted by Crippen LogP contribution is 2.32. The molecule has 6 heteroatoms. The molecule has 20 heavy (non-hydrogen) atoms. The van der Waals surface area contributed by atoms with E-state index in [0.29, 0.717) is 16.3 Å². The molecule has 0 amide bonds. The van der Waals surface area contributed by atoms with Crippen molar-refractivity contribution in [1.82, 2.24) is 4.37 Å². The molecule has 0 atom stereocenters. The molecule has 0 aliphatic carbocycles. The molecule has 0 aliphatic rings. The number of nitrogens with two attached hydrogens (primary N) is 1. The second kappa shape index (κ2) is 5.92. The third-order valence-electron chi connectivity index (χ3n) is 2.60. The molecule has 2 aromatic rings. The highest BCUT2D eigenvalue weighted by atomic mass is 32.1. The summed E-state index contributed by atoms with van der Waals surface area (Å²) in [5.41, 5.74) is 7.72. The van der Waals surface area contributed by atoms with Crippen molar-refractivity contribution in [3.63, 3.8) is 0 Å². The lowest BCUT2D eigenvalue weighted by Gasteiger charge is -2.09. The van der Waals surface area contributed by atoms with E-state index in [0.717, 1.165) is 22.8 Å². The summed E-state index contributed by atoms with van der Waals surface area (Å²) in [5.74, 6) is 0.316. The monoisotopic (exact) mass is 292 g/mol. The largest absolute Gasteiger partial charge is 0.491 e. The minimum atomic E-state index is -0.467. The van der Waals surface area contributed by atoms with Crippen LogP contribution in [0.25, 0.3) is 11.3 Å². The van der Waals surface area contributed by atoms with Gasteiger partial charge < -0.3 is 15.2 Å². The number of ether oxygens (including phenoxy) is 2. The lowest BCUT2D eigenvalue weighted by atomic mass is 10.1. The molecule has 106 valence electrons. The van der Waals surface area contributed by atoms with Gasteiger partial charge in [-0.25, -0.2) is 4.79 Å². The van der Waals surface area contributed by atoms with Gasteiger partial charge in [-0.2, -0.15) is 4.37 Å². The van der Waals surface area contributed by atoms with Gasteiger partial charge >= 0.3 is 5.97 Å². The van der Waals surface area contributed by atoms with Crippen LogP contribution in [0.3, 0.4) is 0 Å². The first-order valence-corrected chi connectivity index (χ1v) is 6.90. The Hall–Kier alpha value is -2.08. The van der Waals surface area contributed by atoms with E-state index in [9.17, 15) is 4.79 Å². The molecule has 5 nitrogen and oxygen atoms in total. The van der Waals surface area contributed by atoms with Crippen LogP contribution in [-0.4, -0.2) is 23.6 Å². The first kappa shape index (κ1) is 14.3. The minimum Gasteiger partial charge on any atom is -0.491 e. The molecule has 2 rings (SSSR count). The van der Waals surface area contributed by atoms with Gasteiger partial charge in [-0.05, 0) is 49.6 Å². The van der Waals surface area contributed by atoms with Crippen LogP contribution in [0.1, 0.15) is 23.5 Å². The number of benzene rings is 1. The van der Waals surface area contributed by atoms with E-state index in [1.807, 2.05) is 38.1 Å². The highest BCUT2D eigenvalue weighted by molar-refractivity contribution is 7.09. The smallest absolute Gasteiger partial charge is 0.351 e. The number of rotatable bonds is 4. The van der Waals surface area contributed by atoms with Gasteiger partial charge in [-0.1, -0.05) is 0 Å². The third-order valence-corrected chi connectivity index (χ3v) is 3.44. The topological polar surface area (TPSA) is 74.4 Å². The Morgan fingerprint density at radius 3 is 2.50 bits per heavy atom. The van der Waals surface area contributed by atoms with Crippen LogP contribution in [0.4, 0.5) is 5.69 Å². The molecule has 0 radical (unpaired) electrons. The number of nitrogen functional groups attached to an aromatic ring is 1. The van der Waals surface area contributed by atoms with Gasteiger partial charge in [0.1, 0.15) is 11.4 Å². The van der Waals surface area contributed by atoms with Crippen LogP contribution in [-0.2, 0) is 4.74 Å². The minimum absolute atomic E-state index is 0.121. The fourth-order valence-corrected chi connectivity index (χ4v) is 2.45. The predicted octanol–water partition coefficient (Wildman–Crippen LogP) is 2.97. The van der Waals surface area contributed by atoms with Crippen molar-refractivity contribution >= 4 is 23.2 Å². The standard InChI is InChI=1S/C14H16N2O3S/c1-8(2)19-10-6-4-9(5-7-10)12-11(15)13(20-16-12)14(17)18-3/h4-8H,15H2,1-3H3. The maximum Gasteiger partial charge on any atom is 0.351 e. The molecule has 0 bridgehead atoms. The van der Waals surface area contributed by atoms with Crippen molar-refractivity contribution < 1.29 is 14.3 Å². The number of aromatic nitrogens is 1. The molecule has 1 aromatic carbocycles. The predicted molar refractivity (Wildman–Crippen MR) is 79.1 cm³/mol. The number of nitrogens with zero attached hydrogens (tertiary/aromatic N) is 1. The number of carbonyl (C=O) groups is 1. The van der Waals surface area contributed by atoms with Crippen LogP contribution >= 0.6 is 11.5 Å². The summed E-state index contributed by atoms with van der Waals surface area (Å²) >= 11 is 1.04. The maximum atomic E-state index is 11.5. The van der Waals surface area contributed by atoms with E-state index in [1.165, 1.54) is 7.11 Å². The Morgan fingerprint density at radius 1 is 1.30 bits per heavy atom. The second-order valence-electron chi connectivity index (χ2n) is 4.46. The summed E-state index contributed by atoms with van der Waals surface area (Å²) in [7, 11) is 1.32. The van der Waals surface area contributed by atoms with Gasteiger partial charge in [0.15, 0.2) is 4.88 Å². The fourth-order valence-electron chi connectivity index (χ4n) is 1.71. The normalized spacial score (nSPS) is 10.6. The van der Waals surface area contributed by atoms with E-state index in [1.54, 1.807) is 0 Å². The number of hydrogen-bond acceptors (Lipinski definition) is 6. The van der Waals surface area contributed by atoms with Gasteiger partial charge in [-0.3, -0.25) is 0 Å². The van der Waals surface area contributed by atoms with E-state index in [2.05, 4.69) is 9.11 Å². The molecule has 2 N–H and O–H groups in total. The van der Waals surface area contributed by atoms with E-state index in [4.69, 9.17) is 10.5 Å². The average Bonchev–Trinajstić information content (AvgIpc) is 2.80. The van der Waals surface area contributed by atoms with Gasteiger partial charge in [0.2, 0.25) is 0 Å². The van der Waals surface area contributed by atoms with Crippen LogP contribution in [0.5, 0.6) is 5.75 Å². The Labute approximate surface area is 121 Å². The number of hydrogen-bond donors (Lipinski definition) is 1. The summed E-state index contributed by atoms with van der Waals surface area (Å²) in [6, 6.07) is 7.44. The molecule has 1 aromatic heterocycles. The number of esters is 1. The maximum absolute atomic E-state index is 11.5. The van der Waals surface area contributed by atoms with E-state index >= 15 is 0 Å². The quantitative estimate of drug-likeness (QED) is 0.877. The Balaban J connectivity index is 2.28. The number of methoxy groups -OCH3 is 1. The third kappa shape index (κ3) is 2.91. The van der Waals surface area contributed by atoms with Gasteiger partial charge in [0, 0.05) is 5.56 Å². The number of carbonyl (C=O) groups excluding carboxylic acids is 1. The molecule has 1 heterocycles. The summed E-state index contributed by atoms with van der Waals surface area (Å²) < 4.78 is 14.5. The number of anilines is 1. The van der Waals surface area contributed by atoms with E-state index in [-0.39, 0.29) is 6.10 Å². The fraction of sp³-hybridized carbons (Fsp3) is 0.286. The van der Waals surface area contributed by atoms with Gasteiger partial charge in [0.25, 0.3) is 0 Å². The van der Waals surface area contributed by atoms with Gasteiger partial charge in [0.05, 0.1) is 18.9 Å². The van der Waals surface area contributed by atoms with Crippen molar-refractivity contribution in [2.24, 2.45) is 0 Å². The van der Waals surface area contributed by atoms with Crippen molar-refractivity contribution in [2.75, 3.05) is 12.8 Å². The van der Waals surface area contributed by atoms with Crippen molar-refractivity contribution in [3.05, 3.63) is 29.1 Å². The molecule has 0 spiro atoms. The van der Waals surface area contributed by atoms with Gasteiger partial charge in [-0.15, -0.1) is 0 Å². The summed E-state index contributed by atoms with van der Waals surface area (Å²) in [5, 5.41) is 0. The van der Waals surface area contributed by atoms with Crippen molar-refractivity contribution in [3.8, 4) is 17.0 Å². The van der Waals surface area contributed by atoms with Crippen LogP contribution in [0, 0.1) is 0 Å². The van der Waals surface area contributed by atoms with Crippen molar-refractivity contribution in [1.29, 1.82) is 0 Å². The zero-order valence-corrected chi connectivity index (χ0v) is 12.4. The SMILES string of the molecule is COC(=O)c1snc(-c2ccc(OC(C)C)cc2)c1N. The Morgan fingerprint density at radius 2 is 1.95 bits per heavy atom. The lowest BCUT2D eigenvalue weighted by Crippen LogP contribution is -2.05. The average molecular weight is 292 g/mol. The Bertz CT molecular complexity index is 605. The molecule has 0 aliphatic heterocycles. The molecule has 0 fully saturated rings. The first-order valence-electron chi connectivity index (χ1n) is 6.13. The molecule has 0 saturated carbocycles. The highest BCUT2D eigenvalue weighted by Gasteiger charge is 2.18. The molecular weight excluding hydrogens is 276 g/mol. The first-order chi connectivity index (χ1) is 9.52. The van der Waals surface area contributed by atoms with E-state index < -0.39 is 5.97 Å². The van der Waals surface area contributed by atoms with Crippen LogP contribution in [0.15, 0.2) is 24.3 Å². The zero-order valence-electron chi connectivity index (χ0n) is 11.5. The van der Waals surface area contributed by atoms with Crippen LogP contribution < -0.4 is 10.5 Å². The second-order valence-corrected chi connectivity index (χ2v) is 5.23. The Kier molecular flexibility index (Phi) is 4.24. The van der Waals surface area contributed by atoms with Crippen LogP contribution in [0.2, 0.25) is 0 Å². The lowest BCUT2D eigenvalue weighted by molar-refractivity contribution is 0.0607. The molecule has 0 saturated heterocycles.